The Morgan fingerprint density at radius 1 is 1.12 bits per heavy atom. The van der Waals surface area contributed by atoms with E-state index in [4.69, 9.17) is 23.2 Å². The van der Waals surface area contributed by atoms with Crippen LogP contribution in [0.15, 0.2) is 48.7 Å². The Morgan fingerprint density at radius 2 is 1.91 bits per heavy atom. The minimum absolute atomic E-state index is 0.0613. The Morgan fingerprint density at radius 3 is 2.56 bits per heavy atom. The summed E-state index contributed by atoms with van der Waals surface area (Å²) in [4.78, 5) is 21.4. The van der Waals surface area contributed by atoms with E-state index in [1.54, 1.807) is 49.4 Å². The van der Waals surface area contributed by atoms with Crippen LogP contribution >= 0.6 is 23.2 Å². The molecule has 0 saturated carbocycles. The van der Waals surface area contributed by atoms with Gasteiger partial charge in [0.2, 0.25) is 5.95 Å². The fraction of sp³-hybridized carbons (Fsp3) is 0.261. The summed E-state index contributed by atoms with van der Waals surface area (Å²) < 4.78 is 0. The van der Waals surface area contributed by atoms with E-state index < -0.39 is 6.04 Å². The van der Waals surface area contributed by atoms with Gasteiger partial charge < -0.3 is 20.8 Å². The molecule has 0 aliphatic heterocycles. The molecule has 1 heterocycles. The van der Waals surface area contributed by atoms with E-state index in [2.05, 4.69) is 20.6 Å². The molecule has 0 radical (unpaired) electrons. The van der Waals surface area contributed by atoms with E-state index in [9.17, 15) is 15.0 Å². The van der Waals surface area contributed by atoms with Gasteiger partial charge in [-0.05, 0) is 49.2 Å². The number of hydrogen-bond donors (Lipinski definition) is 4. The average Bonchev–Trinajstić information content (AvgIpc) is 2.78. The lowest BCUT2D eigenvalue weighted by molar-refractivity contribution is 0.0916. The quantitative estimate of drug-likeness (QED) is 0.392. The number of hydrogen-bond acceptors (Lipinski definition) is 6. The van der Waals surface area contributed by atoms with Crippen molar-refractivity contribution in [2.45, 2.75) is 25.9 Å². The first kappa shape index (κ1) is 23.9. The van der Waals surface area contributed by atoms with Gasteiger partial charge in [-0.3, -0.25) is 4.79 Å². The molecular formula is C23H24Cl2N4O3. The van der Waals surface area contributed by atoms with Crippen LogP contribution in [-0.4, -0.2) is 45.3 Å². The lowest BCUT2D eigenvalue weighted by atomic mass is 10.0. The summed E-state index contributed by atoms with van der Waals surface area (Å²) in [5.41, 5.74) is 3.21. The highest BCUT2D eigenvalue weighted by Crippen LogP contribution is 2.30. The smallest absolute Gasteiger partial charge is 0.251 e. The highest BCUT2D eigenvalue weighted by atomic mass is 35.5. The van der Waals surface area contributed by atoms with E-state index in [0.717, 1.165) is 11.1 Å². The maximum Gasteiger partial charge on any atom is 0.251 e. The third-order valence-electron chi connectivity index (χ3n) is 4.88. The molecule has 3 aromatic rings. The van der Waals surface area contributed by atoms with Crippen LogP contribution in [0, 0.1) is 6.92 Å². The second-order valence-electron chi connectivity index (χ2n) is 7.41. The van der Waals surface area contributed by atoms with Crippen molar-refractivity contribution in [3.63, 3.8) is 0 Å². The van der Waals surface area contributed by atoms with Crippen molar-refractivity contribution in [2.24, 2.45) is 0 Å². The van der Waals surface area contributed by atoms with Gasteiger partial charge in [0.15, 0.2) is 0 Å². The standard InChI is InChI=1S/C23H24Cl2N4O3/c1-13-8-16(22(32)28-20(12-31)15-4-3-5-17(24)9-15)6-7-18(13)21-19(25)10-26-23(29-21)27-14(2)11-30/h3-10,14,20,30-31H,11-12H2,1-2H3,(H,28,32)(H,26,27,29)/t14-,20+/m0/s1. The first-order valence-electron chi connectivity index (χ1n) is 10.0. The minimum atomic E-state index is -0.584. The molecule has 1 aromatic heterocycles. The van der Waals surface area contributed by atoms with Crippen LogP contribution in [0.2, 0.25) is 10.0 Å². The zero-order chi connectivity index (χ0) is 23.3. The predicted octanol–water partition coefficient (Wildman–Crippen LogP) is 4.01. The summed E-state index contributed by atoms with van der Waals surface area (Å²) >= 11 is 12.3. The first-order valence-corrected chi connectivity index (χ1v) is 10.8. The minimum Gasteiger partial charge on any atom is -0.394 e. The number of nitrogens with zero attached hydrogens (tertiary/aromatic N) is 2. The molecule has 0 fully saturated rings. The molecule has 0 aliphatic rings. The zero-order valence-electron chi connectivity index (χ0n) is 17.6. The Kier molecular flexibility index (Phi) is 8.04. The number of benzene rings is 2. The molecule has 32 heavy (non-hydrogen) atoms. The van der Waals surface area contributed by atoms with Crippen molar-refractivity contribution in [3.05, 3.63) is 75.4 Å². The largest absolute Gasteiger partial charge is 0.394 e. The van der Waals surface area contributed by atoms with Crippen LogP contribution in [0.5, 0.6) is 0 Å². The number of rotatable bonds is 8. The molecule has 2 atom stereocenters. The van der Waals surface area contributed by atoms with E-state index in [0.29, 0.717) is 32.8 Å². The molecule has 0 saturated heterocycles. The van der Waals surface area contributed by atoms with Crippen molar-refractivity contribution in [1.82, 2.24) is 15.3 Å². The molecule has 168 valence electrons. The second-order valence-corrected chi connectivity index (χ2v) is 8.26. The predicted molar refractivity (Wildman–Crippen MR) is 126 cm³/mol. The Balaban J connectivity index is 1.83. The molecule has 2 aromatic carbocycles. The molecular weight excluding hydrogens is 451 g/mol. The van der Waals surface area contributed by atoms with Crippen LogP contribution in [-0.2, 0) is 0 Å². The van der Waals surface area contributed by atoms with Gasteiger partial charge in [-0.25, -0.2) is 9.97 Å². The topological polar surface area (TPSA) is 107 Å². The number of nitrogens with one attached hydrogen (secondary N) is 2. The van der Waals surface area contributed by atoms with Gasteiger partial charge in [-0.2, -0.15) is 0 Å². The number of amides is 1. The van der Waals surface area contributed by atoms with E-state index >= 15 is 0 Å². The van der Waals surface area contributed by atoms with E-state index in [-0.39, 0.29) is 25.2 Å². The summed E-state index contributed by atoms with van der Waals surface area (Å²) in [7, 11) is 0. The van der Waals surface area contributed by atoms with Gasteiger partial charge in [0, 0.05) is 22.2 Å². The number of aliphatic hydroxyl groups excluding tert-OH is 2. The number of halogens is 2. The number of carbonyl (C=O) groups excluding carboxylic acids is 1. The monoisotopic (exact) mass is 474 g/mol. The van der Waals surface area contributed by atoms with Crippen LogP contribution in [0.4, 0.5) is 5.95 Å². The number of aliphatic hydroxyl groups is 2. The molecule has 4 N–H and O–H groups in total. The molecule has 0 aliphatic carbocycles. The Bertz CT molecular complexity index is 1110. The third-order valence-corrected chi connectivity index (χ3v) is 5.39. The van der Waals surface area contributed by atoms with Crippen LogP contribution in [0.25, 0.3) is 11.3 Å². The summed E-state index contributed by atoms with van der Waals surface area (Å²) in [5, 5.41) is 25.7. The fourth-order valence-corrected chi connectivity index (χ4v) is 3.55. The van der Waals surface area contributed by atoms with Gasteiger partial charge in [0.05, 0.1) is 36.2 Å². The van der Waals surface area contributed by atoms with Crippen molar-refractivity contribution >= 4 is 35.1 Å². The summed E-state index contributed by atoms with van der Waals surface area (Å²) in [5.74, 6) is 0.0195. The molecule has 7 nitrogen and oxygen atoms in total. The first-order chi connectivity index (χ1) is 15.3. The van der Waals surface area contributed by atoms with Crippen LogP contribution in [0.3, 0.4) is 0 Å². The summed E-state index contributed by atoms with van der Waals surface area (Å²) in [6.45, 7) is 3.34. The third kappa shape index (κ3) is 5.75. The number of aromatic nitrogens is 2. The van der Waals surface area contributed by atoms with Crippen molar-refractivity contribution in [1.29, 1.82) is 0 Å². The lowest BCUT2D eigenvalue weighted by Gasteiger charge is -2.18. The molecule has 3 rings (SSSR count). The highest BCUT2D eigenvalue weighted by Gasteiger charge is 2.18. The van der Waals surface area contributed by atoms with Crippen molar-refractivity contribution in [3.8, 4) is 11.3 Å². The number of aryl methyl sites for hydroxylation is 1. The molecule has 0 spiro atoms. The van der Waals surface area contributed by atoms with Gasteiger partial charge in [-0.15, -0.1) is 0 Å². The fourth-order valence-electron chi connectivity index (χ4n) is 3.16. The molecule has 9 heteroatoms. The lowest BCUT2D eigenvalue weighted by Crippen LogP contribution is -2.30. The van der Waals surface area contributed by atoms with Gasteiger partial charge >= 0.3 is 0 Å². The number of carbonyl (C=O) groups is 1. The second kappa shape index (κ2) is 10.7. The average molecular weight is 475 g/mol. The van der Waals surface area contributed by atoms with Gasteiger partial charge in [0.25, 0.3) is 5.91 Å². The zero-order valence-corrected chi connectivity index (χ0v) is 19.2. The molecule has 1 amide bonds. The van der Waals surface area contributed by atoms with Crippen LogP contribution < -0.4 is 10.6 Å². The summed E-state index contributed by atoms with van der Waals surface area (Å²) in [6, 6.07) is 11.4. The van der Waals surface area contributed by atoms with Crippen molar-refractivity contribution in [2.75, 3.05) is 18.5 Å². The van der Waals surface area contributed by atoms with E-state index in [1.165, 1.54) is 6.20 Å². The Hall–Kier alpha value is -2.71. The molecule has 0 unspecified atom stereocenters. The van der Waals surface area contributed by atoms with Crippen molar-refractivity contribution < 1.29 is 15.0 Å². The summed E-state index contributed by atoms with van der Waals surface area (Å²) in [6.07, 6.45) is 1.49. The highest BCUT2D eigenvalue weighted by molar-refractivity contribution is 6.33. The van der Waals surface area contributed by atoms with E-state index in [1.807, 2.05) is 6.92 Å². The SMILES string of the molecule is Cc1cc(C(=O)N[C@H](CO)c2cccc(Cl)c2)ccc1-c1nc(N[C@@H](C)CO)ncc1Cl. The Labute approximate surface area is 196 Å². The van der Waals surface area contributed by atoms with Crippen LogP contribution in [0.1, 0.15) is 34.5 Å². The maximum atomic E-state index is 12.8. The van der Waals surface area contributed by atoms with Gasteiger partial charge in [-0.1, -0.05) is 41.4 Å². The maximum absolute atomic E-state index is 12.8. The molecule has 0 bridgehead atoms. The van der Waals surface area contributed by atoms with Gasteiger partial charge in [0.1, 0.15) is 0 Å². The number of anilines is 1. The normalized spacial score (nSPS) is 12.8.